The number of nitro groups is 1. The summed E-state index contributed by atoms with van der Waals surface area (Å²) in [5.41, 5.74) is 6.58. The van der Waals surface area contributed by atoms with Crippen LogP contribution in [0.3, 0.4) is 0 Å². The molecule has 0 aliphatic carbocycles. The summed E-state index contributed by atoms with van der Waals surface area (Å²) in [5, 5.41) is 20.2. The van der Waals surface area contributed by atoms with Gasteiger partial charge in [-0.1, -0.05) is 30.3 Å². The summed E-state index contributed by atoms with van der Waals surface area (Å²) < 4.78 is 5.16. The van der Waals surface area contributed by atoms with Gasteiger partial charge in [0, 0.05) is 12.1 Å². The van der Waals surface area contributed by atoms with Crippen LogP contribution in [-0.2, 0) is 16.1 Å². The highest BCUT2D eigenvalue weighted by Gasteiger charge is 2.27. The van der Waals surface area contributed by atoms with Crippen LogP contribution in [0.15, 0.2) is 54.6 Å². The number of ether oxygens (including phenoxy) is 1. The fourth-order valence-electron chi connectivity index (χ4n) is 2.09. The molecule has 120 valence electrons. The molecule has 0 aliphatic heterocycles. The Morgan fingerprint density at radius 1 is 1.17 bits per heavy atom. The summed E-state index contributed by atoms with van der Waals surface area (Å²) in [4.78, 5) is 22.2. The lowest BCUT2D eigenvalue weighted by Gasteiger charge is -2.18. The summed E-state index contributed by atoms with van der Waals surface area (Å²) in [6.45, 7) is -0.0626. The van der Waals surface area contributed by atoms with E-state index in [2.05, 4.69) is 0 Å². The van der Waals surface area contributed by atoms with E-state index in [4.69, 9.17) is 10.5 Å². The average Bonchev–Trinajstić information content (AvgIpc) is 2.54. The van der Waals surface area contributed by atoms with Crippen molar-refractivity contribution in [3.63, 3.8) is 0 Å². The fraction of sp³-hybridized carbons (Fsp3) is 0.188. The zero-order valence-electron chi connectivity index (χ0n) is 12.2. The molecule has 0 bridgehead atoms. The van der Waals surface area contributed by atoms with Crippen molar-refractivity contribution in [2.75, 3.05) is 0 Å². The van der Waals surface area contributed by atoms with E-state index >= 15 is 0 Å². The molecule has 0 aromatic heterocycles. The van der Waals surface area contributed by atoms with Crippen LogP contribution in [0.25, 0.3) is 0 Å². The monoisotopic (exact) mass is 316 g/mol. The van der Waals surface area contributed by atoms with Gasteiger partial charge in [-0.15, -0.1) is 0 Å². The van der Waals surface area contributed by atoms with Crippen molar-refractivity contribution < 1.29 is 19.6 Å². The van der Waals surface area contributed by atoms with Gasteiger partial charge >= 0.3 is 5.97 Å². The Kier molecular flexibility index (Phi) is 5.40. The van der Waals surface area contributed by atoms with Crippen LogP contribution in [-0.4, -0.2) is 22.2 Å². The highest BCUT2D eigenvalue weighted by atomic mass is 16.6. The van der Waals surface area contributed by atoms with E-state index in [1.165, 1.54) is 24.3 Å². The molecule has 2 aromatic carbocycles. The van der Waals surface area contributed by atoms with E-state index < -0.39 is 23.0 Å². The predicted molar refractivity (Wildman–Crippen MR) is 82.3 cm³/mol. The lowest BCUT2D eigenvalue weighted by molar-refractivity contribution is -0.384. The number of aliphatic hydroxyl groups excluding tert-OH is 1. The molecule has 0 aliphatic rings. The molecule has 0 heterocycles. The maximum atomic E-state index is 12.2. The first kappa shape index (κ1) is 16.6. The summed E-state index contributed by atoms with van der Waals surface area (Å²) in [7, 11) is 0. The Morgan fingerprint density at radius 3 is 2.30 bits per heavy atom. The standard InChI is InChI=1S/C16H16N2O5/c17-15(19)14(12-4-2-1-3-5-12)16(20)23-10-11-6-8-13(9-7-11)18(21)22/h1-9,14-15,19H,10,17H2. The first-order chi connectivity index (χ1) is 11.0. The van der Waals surface area contributed by atoms with Crippen LogP contribution in [0.4, 0.5) is 5.69 Å². The average molecular weight is 316 g/mol. The molecule has 0 saturated carbocycles. The maximum Gasteiger partial charge on any atom is 0.317 e. The number of nitrogens with two attached hydrogens (primary N) is 1. The molecule has 2 aromatic rings. The second kappa shape index (κ2) is 7.48. The second-order valence-corrected chi connectivity index (χ2v) is 4.91. The maximum absolute atomic E-state index is 12.2. The third-order valence-electron chi connectivity index (χ3n) is 3.28. The van der Waals surface area contributed by atoms with Gasteiger partial charge in [0.15, 0.2) is 0 Å². The number of rotatable bonds is 6. The SMILES string of the molecule is NC(O)C(C(=O)OCc1ccc([N+](=O)[O-])cc1)c1ccccc1. The minimum atomic E-state index is -1.39. The van der Waals surface area contributed by atoms with E-state index in [0.717, 1.165) is 0 Å². The lowest BCUT2D eigenvalue weighted by atomic mass is 9.98. The Hall–Kier alpha value is -2.77. The molecule has 0 amide bonds. The molecular weight excluding hydrogens is 300 g/mol. The van der Waals surface area contributed by atoms with Gasteiger partial charge in [-0.3, -0.25) is 14.9 Å². The third-order valence-corrected chi connectivity index (χ3v) is 3.28. The quantitative estimate of drug-likeness (QED) is 0.363. The molecule has 0 fully saturated rings. The highest BCUT2D eigenvalue weighted by Crippen LogP contribution is 2.20. The van der Waals surface area contributed by atoms with Gasteiger partial charge in [-0.2, -0.15) is 0 Å². The second-order valence-electron chi connectivity index (χ2n) is 4.91. The Morgan fingerprint density at radius 2 is 1.78 bits per heavy atom. The van der Waals surface area contributed by atoms with Crippen molar-refractivity contribution in [3.8, 4) is 0 Å². The molecule has 7 nitrogen and oxygen atoms in total. The number of aliphatic hydroxyl groups is 1. The topological polar surface area (TPSA) is 116 Å². The van der Waals surface area contributed by atoms with Gasteiger partial charge in [0.2, 0.25) is 0 Å². The third kappa shape index (κ3) is 4.35. The number of non-ortho nitro benzene ring substituents is 1. The number of nitrogens with zero attached hydrogens (tertiary/aromatic N) is 1. The lowest BCUT2D eigenvalue weighted by Crippen LogP contribution is -2.34. The molecule has 23 heavy (non-hydrogen) atoms. The molecule has 0 saturated heterocycles. The van der Waals surface area contributed by atoms with Crippen molar-refractivity contribution in [1.82, 2.24) is 0 Å². The van der Waals surface area contributed by atoms with Crippen molar-refractivity contribution >= 4 is 11.7 Å². The summed E-state index contributed by atoms with van der Waals surface area (Å²) in [6, 6.07) is 14.3. The van der Waals surface area contributed by atoms with Crippen LogP contribution in [0.1, 0.15) is 17.0 Å². The van der Waals surface area contributed by atoms with Gasteiger partial charge < -0.3 is 15.6 Å². The molecule has 0 spiro atoms. The van der Waals surface area contributed by atoms with Gasteiger partial charge in [0.1, 0.15) is 18.8 Å². The Balaban J connectivity index is 2.03. The van der Waals surface area contributed by atoms with Crippen molar-refractivity contribution in [2.24, 2.45) is 5.73 Å². The van der Waals surface area contributed by atoms with Crippen LogP contribution < -0.4 is 5.73 Å². The summed E-state index contributed by atoms with van der Waals surface area (Å²) in [5.74, 6) is -1.65. The van der Waals surface area contributed by atoms with Crippen molar-refractivity contribution in [2.45, 2.75) is 18.8 Å². The minimum Gasteiger partial charge on any atom is -0.460 e. The number of carbonyl (C=O) groups excluding carboxylic acids is 1. The number of hydrogen-bond donors (Lipinski definition) is 2. The van der Waals surface area contributed by atoms with Crippen LogP contribution in [0.5, 0.6) is 0 Å². The molecule has 2 rings (SSSR count). The first-order valence-corrected chi connectivity index (χ1v) is 6.87. The zero-order chi connectivity index (χ0) is 16.8. The van der Waals surface area contributed by atoms with Gasteiger partial charge in [-0.05, 0) is 23.3 Å². The molecule has 2 atom stereocenters. The van der Waals surface area contributed by atoms with Crippen molar-refractivity contribution in [1.29, 1.82) is 0 Å². The molecule has 0 radical (unpaired) electrons. The smallest absolute Gasteiger partial charge is 0.317 e. The van der Waals surface area contributed by atoms with Crippen LogP contribution in [0.2, 0.25) is 0 Å². The van der Waals surface area contributed by atoms with E-state index in [1.807, 2.05) is 0 Å². The highest BCUT2D eigenvalue weighted by molar-refractivity contribution is 5.78. The summed E-state index contributed by atoms with van der Waals surface area (Å²) in [6.07, 6.45) is -1.39. The van der Waals surface area contributed by atoms with Crippen LogP contribution >= 0.6 is 0 Å². The summed E-state index contributed by atoms with van der Waals surface area (Å²) >= 11 is 0. The van der Waals surface area contributed by atoms with Gasteiger partial charge in [0.05, 0.1) is 4.92 Å². The molecule has 7 heteroatoms. The largest absolute Gasteiger partial charge is 0.460 e. The fourth-order valence-corrected chi connectivity index (χ4v) is 2.09. The van der Waals surface area contributed by atoms with E-state index in [9.17, 15) is 20.0 Å². The molecular formula is C16H16N2O5. The van der Waals surface area contributed by atoms with Gasteiger partial charge in [-0.25, -0.2) is 0 Å². The number of hydrogen-bond acceptors (Lipinski definition) is 6. The Labute approximate surface area is 132 Å². The predicted octanol–water partition coefficient (Wildman–Crippen LogP) is 1.70. The van der Waals surface area contributed by atoms with E-state index in [0.29, 0.717) is 11.1 Å². The van der Waals surface area contributed by atoms with Crippen molar-refractivity contribution in [3.05, 3.63) is 75.8 Å². The number of carbonyl (C=O) groups is 1. The van der Waals surface area contributed by atoms with E-state index in [-0.39, 0.29) is 12.3 Å². The van der Waals surface area contributed by atoms with Gasteiger partial charge in [0.25, 0.3) is 5.69 Å². The number of nitro benzene ring substituents is 1. The number of benzene rings is 2. The first-order valence-electron chi connectivity index (χ1n) is 6.87. The normalized spacial score (nSPS) is 13.1. The zero-order valence-corrected chi connectivity index (χ0v) is 12.2. The number of esters is 1. The minimum absolute atomic E-state index is 0.0420. The Bertz CT molecular complexity index is 671. The van der Waals surface area contributed by atoms with Crippen LogP contribution in [0, 0.1) is 10.1 Å². The molecule has 2 unspecified atom stereocenters. The van der Waals surface area contributed by atoms with E-state index in [1.54, 1.807) is 30.3 Å². The molecule has 3 N–H and O–H groups in total.